The molecular weight excluding hydrogens is 457 g/mol. The molecule has 0 fully saturated rings. The number of aromatic nitrogens is 1. The molecule has 6 heteroatoms. The van der Waals surface area contributed by atoms with Gasteiger partial charge in [0.1, 0.15) is 0 Å². The van der Waals surface area contributed by atoms with Gasteiger partial charge in [0, 0.05) is 32.5 Å². The van der Waals surface area contributed by atoms with Crippen LogP contribution in [0.15, 0.2) is 83.3 Å². The lowest BCUT2D eigenvalue weighted by Gasteiger charge is -2.29. The highest BCUT2D eigenvalue weighted by molar-refractivity contribution is 7.14. The van der Waals surface area contributed by atoms with E-state index in [-0.39, 0.29) is 6.04 Å². The fourth-order valence-corrected chi connectivity index (χ4v) is 5.81. The van der Waals surface area contributed by atoms with Crippen LogP contribution in [0.5, 0.6) is 0 Å². The minimum Gasteiger partial charge on any atom is -0.231 e. The number of fused-ring (bicyclic) bond motifs is 3. The first-order chi connectivity index (χ1) is 15.7. The lowest BCUT2D eigenvalue weighted by molar-refractivity contribution is 0.509. The summed E-state index contributed by atoms with van der Waals surface area (Å²) in [7, 11) is 0. The monoisotopic (exact) mass is 475 g/mol. The van der Waals surface area contributed by atoms with Crippen LogP contribution in [0.3, 0.4) is 0 Å². The van der Waals surface area contributed by atoms with Crippen molar-refractivity contribution in [2.45, 2.75) is 18.9 Å². The largest absolute Gasteiger partial charge is 0.231 e. The summed E-state index contributed by atoms with van der Waals surface area (Å²) in [5.41, 5.74) is 7.00. The van der Waals surface area contributed by atoms with E-state index in [0.29, 0.717) is 5.92 Å². The minimum absolute atomic E-state index is 0.0971. The zero-order valence-corrected chi connectivity index (χ0v) is 19.4. The Labute approximate surface area is 201 Å². The van der Waals surface area contributed by atoms with Gasteiger partial charge in [-0.2, -0.15) is 5.10 Å². The van der Waals surface area contributed by atoms with Crippen LogP contribution in [0.1, 0.15) is 29.2 Å². The highest BCUT2D eigenvalue weighted by Gasteiger charge is 2.42. The number of hydrogen-bond acceptors (Lipinski definition) is 4. The van der Waals surface area contributed by atoms with Gasteiger partial charge in [-0.25, -0.2) is 9.99 Å². The number of benzene rings is 3. The van der Waals surface area contributed by atoms with Crippen molar-refractivity contribution in [3.05, 3.63) is 105 Å². The van der Waals surface area contributed by atoms with Crippen molar-refractivity contribution in [3.63, 3.8) is 0 Å². The highest BCUT2D eigenvalue weighted by atomic mass is 35.5. The Balaban J connectivity index is 1.44. The molecule has 0 unspecified atom stereocenters. The number of hydrazone groups is 1. The van der Waals surface area contributed by atoms with Crippen LogP contribution >= 0.6 is 34.5 Å². The number of anilines is 1. The summed E-state index contributed by atoms with van der Waals surface area (Å²) in [4.78, 5) is 4.97. The maximum absolute atomic E-state index is 6.20. The zero-order chi connectivity index (χ0) is 21.7. The normalized spacial score (nSPS) is 19.4. The van der Waals surface area contributed by atoms with Crippen molar-refractivity contribution in [3.8, 4) is 11.3 Å². The number of nitrogens with zero attached hydrogens (tertiary/aromatic N) is 3. The first-order valence-corrected chi connectivity index (χ1v) is 12.2. The van der Waals surface area contributed by atoms with Gasteiger partial charge in [-0.1, -0.05) is 71.7 Å². The zero-order valence-electron chi connectivity index (χ0n) is 17.1. The van der Waals surface area contributed by atoms with Gasteiger partial charge >= 0.3 is 0 Å². The fourth-order valence-electron chi connectivity index (χ4n) is 4.74. The second-order valence-electron chi connectivity index (χ2n) is 8.15. The molecular formula is C26H19Cl2N3S. The third-order valence-electron chi connectivity index (χ3n) is 6.27. The van der Waals surface area contributed by atoms with E-state index in [0.717, 1.165) is 45.0 Å². The van der Waals surface area contributed by atoms with Gasteiger partial charge in [0.05, 0.1) is 17.4 Å². The number of thiazole rings is 1. The molecule has 158 valence electrons. The quantitative estimate of drug-likeness (QED) is 0.304. The molecule has 0 saturated heterocycles. The molecule has 2 atom stereocenters. The molecule has 6 rings (SSSR count). The van der Waals surface area contributed by atoms with Gasteiger partial charge < -0.3 is 0 Å². The van der Waals surface area contributed by atoms with Crippen molar-refractivity contribution in [1.82, 2.24) is 4.98 Å². The van der Waals surface area contributed by atoms with Gasteiger partial charge in [-0.3, -0.25) is 0 Å². The van der Waals surface area contributed by atoms with E-state index >= 15 is 0 Å². The maximum atomic E-state index is 6.20. The Morgan fingerprint density at radius 2 is 1.59 bits per heavy atom. The highest BCUT2D eigenvalue weighted by Crippen LogP contribution is 2.46. The van der Waals surface area contributed by atoms with Crippen LogP contribution in [0, 0.1) is 5.92 Å². The molecule has 0 amide bonds. The Morgan fingerprint density at radius 3 is 2.38 bits per heavy atom. The third kappa shape index (κ3) is 3.43. The first kappa shape index (κ1) is 20.0. The molecule has 0 N–H and O–H groups in total. The molecule has 32 heavy (non-hydrogen) atoms. The average molecular weight is 476 g/mol. The Morgan fingerprint density at radius 1 is 0.875 bits per heavy atom. The molecule has 1 aromatic heterocycles. The second kappa shape index (κ2) is 8.04. The standard InChI is InChI=1S/C26H19Cl2N3S/c27-19-10-5-17(6-11-19)23-15-32-26(29-23)31-25(18-7-12-20(28)13-8-18)22-14-9-16-3-1-2-4-21(16)24(22)30-31/h1-8,10-13,15,22,25H,9,14H2/t22-,25+/m0/s1. The second-order valence-corrected chi connectivity index (χ2v) is 9.86. The third-order valence-corrected chi connectivity index (χ3v) is 7.60. The number of halogens is 2. The SMILES string of the molecule is Clc1ccc(-c2csc(N3N=C4c5ccccc5CC[C@@H]4[C@H]3c3ccc(Cl)cc3)n2)cc1. The summed E-state index contributed by atoms with van der Waals surface area (Å²) in [6, 6.07) is 24.7. The van der Waals surface area contributed by atoms with Crippen molar-refractivity contribution >= 4 is 45.4 Å². The molecule has 0 bridgehead atoms. The molecule has 3 nitrogen and oxygen atoms in total. The lowest BCUT2D eigenvalue weighted by atomic mass is 9.77. The molecule has 0 spiro atoms. The molecule has 2 aliphatic rings. The fraction of sp³-hybridized carbons (Fsp3) is 0.154. The summed E-state index contributed by atoms with van der Waals surface area (Å²) in [5, 5.41) is 11.7. The van der Waals surface area contributed by atoms with Crippen molar-refractivity contribution in [1.29, 1.82) is 0 Å². The number of hydrogen-bond donors (Lipinski definition) is 0. The minimum atomic E-state index is 0.0971. The van der Waals surface area contributed by atoms with Crippen LogP contribution in [0.4, 0.5) is 5.13 Å². The summed E-state index contributed by atoms with van der Waals surface area (Å²) < 4.78 is 0. The molecule has 2 heterocycles. The Hall–Kier alpha value is -2.66. The van der Waals surface area contributed by atoms with E-state index in [4.69, 9.17) is 33.3 Å². The predicted molar refractivity (Wildman–Crippen MR) is 134 cm³/mol. The summed E-state index contributed by atoms with van der Waals surface area (Å²) in [6.45, 7) is 0. The average Bonchev–Trinajstić information content (AvgIpc) is 3.45. The summed E-state index contributed by atoms with van der Waals surface area (Å²) in [5.74, 6) is 0.314. The van der Waals surface area contributed by atoms with Gasteiger partial charge in [-0.05, 0) is 48.2 Å². The summed E-state index contributed by atoms with van der Waals surface area (Å²) in [6.07, 6.45) is 2.13. The maximum Gasteiger partial charge on any atom is 0.207 e. The van der Waals surface area contributed by atoms with E-state index in [2.05, 4.69) is 46.8 Å². The van der Waals surface area contributed by atoms with Crippen LogP contribution in [0.2, 0.25) is 10.0 Å². The van der Waals surface area contributed by atoms with E-state index in [1.54, 1.807) is 11.3 Å². The lowest BCUT2D eigenvalue weighted by Crippen LogP contribution is -2.28. The predicted octanol–water partition coefficient (Wildman–Crippen LogP) is 7.64. The van der Waals surface area contributed by atoms with Crippen molar-refractivity contribution < 1.29 is 0 Å². The molecule has 1 aliphatic heterocycles. The Kier molecular flexibility index (Phi) is 5.02. The van der Waals surface area contributed by atoms with Crippen LogP contribution in [-0.2, 0) is 6.42 Å². The van der Waals surface area contributed by atoms with E-state index in [1.165, 1.54) is 16.7 Å². The number of rotatable bonds is 3. The smallest absolute Gasteiger partial charge is 0.207 e. The van der Waals surface area contributed by atoms with Gasteiger partial charge in [0.2, 0.25) is 5.13 Å². The van der Waals surface area contributed by atoms with Crippen LogP contribution in [-0.4, -0.2) is 10.7 Å². The summed E-state index contributed by atoms with van der Waals surface area (Å²) >= 11 is 13.9. The van der Waals surface area contributed by atoms with E-state index in [9.17, 15) is 0 Å². The van der Waals surface area contributed by atoms with Gasteiger partial charge in [0.25, 0.3) is 0 Å². The topological polar surface area (TPSA) is 28.5 Å². The molecule has 3 aromatic carbocycles. The van der Waals surface area contributed by atoms with Crippen LogP contribution in [0.25, 0.3) is 11.3 Å². The van der Waals surface area contributed by atoms with Gasteiger partial charge in [-0.15, -0.1) is 11.3 Å². The number of aryl methyl sites for hydroxylation is 1. The van der Waals surface area contributed by atoms with Crippen molar-refractivity contribution in [2.75, 3.05) is 5.01 Å². The molecule has 4 aromatic rings. The van der Waals surface area contributed by atoms with Crippen LogP contribution < -0.4 is 5.01 Å². The molecule has 0 radical (unpaired) electrons. The van der Waals surface area contributed by atoms with E-state index < -0.39 is 0 Å². The Bertz CT molecular complexity index is 1310. The first-order valence-electron chi connectivity index (χ1n) is 10.6. The van der Waals surface area contributed by atoms with E-state index in [1.807, 2.05) is 36.4 Å². The molecule has 0 saturated carbocycles. The van der Waals surface area contributed by atoms with Crippen molar-refractivity contribution in [2.24, 2.45) is 11.0 Å². The molecule has 1 aliphatic carbocycles. The van der Waals surface area contributed by atoms with Gasteiger partial charge in [0.15, 0.2) is 0 Å².